The number of methoxy groups -OCH3 is 2. The van der Waals surface area contributed by atoms with Gasteiger partial charge in [-0.25, -0.2) is 9.18 Å². The third kappa shape index (κ3) is 7.07. The minimum absolute atomic E-state index is 0.0491. The van der Waals surface area contributed by atoms with Crippen molar-refractivity contribution in [3.05, 3.63) is 28.5 Å². The zero-order valence-corrected chi connectivity index (χ0v) is 18.8. The summed E-state index contributed by atoms with van der Waals surface area (Å²) in [4.78, 5) is 37.7. The van der Waals surface area contributed by atoms with Crippen molar-refractivity contribution in [1.29, 1.82) is 0 Å². The molecular formula is C21H29ClFN3O5. The molecule has 31 heavy (non-hydrogen) atoms. The van der Waals surface area contributed by atoms with Crippen molar-refractivity contribution in [1.82, 2.24) is 15.5 Å². The molecule has 2 rings (SSSR count). The third-order valence-electron chi connectivity index (χ3n) is 5.30. The number of urea groups is 1. The Kier molecular flexibility index (Phi) is 9.51. The molecule has 1 aromatic carbocycles. The number of likely N-dealkylation sites (tertiary alicyclic amines) is 1. The van der Waals surface area contributed by atoms with E-state index >= 15 is 0 Å². The maximum Gasteiger partial charge on any atom is 0.321 e. The van der Waals surface area contributed by atoms with Crippen LogP contribution in [0.3, 0.4) is 0 Å². The number of carbonyl (C=O) groups is 3. The lowest BCUT2D eigenvalue weighted by molar-refractivity contribution is -0.135. The number of hydrogen-bond acceptors (Lipinski definition) is 5. The van der Waals surface area contributed by atoms with Gasteiger partial charge >= 0.3 is 6.03 Å². The Hall–Kier alpha value is -2.39. The van der Waals surface area contributed by atoms with E-state index in [4.69, 9.17) is 21.1 Å². The molecule has 0 aromatic heterocycles. The Balaban J connectivity index is 1.83. The molecule has 2 N–H and O–H groups in total. The number of benzene rings is 1. The minimum atomic E-state index is -0.639. The Labute approximate surface area is 186 Å². The number of amides is 4. The van der Waals surface area contributed by atoms with Gasteiger partial charge in [-0.15, -0.1) is 0 Å². The van der Waals surface area contributed by atoms with Crippen molar-refractivity contribution in [2.75, 3.05) is 40.5 Å². The largest absolute Gasteiger partial charge is 0.496 e. The maximum absolute atomic E-state index is 13.7. The van der Waals surface area contributed by atoms with Crippen molar-refractivity contribution in [2.45, 2.75) is 32.1 Å². The van der Waals surface area contributed by atoms with Crippen molar-refractivity contribution < 1.29 is 28.2 Å². The summed E-state index contributed by atoms with van der Waals surface area (Å²) in [5.74, 6) is -0.929. The summed E-state index contributed by atoms with van der Waals surface area (Å²) in [6.07, 6.45) is 1.47. The van der Waals surface area contributed by atoms with Crippen molar-refractivity contribution >= 4 is 29.4 Å². The van der Waals surface area contributed by atoms with Gasteiger partial charge in [0.2, 0.25) is 11.8 Å². The highest BCUT2D eigenvalue weighted by atomic mass is 35.5. The third-order valence-corrected chi connectivity index (χ3v) is 5.59. The minimum Gasteiger partial charge on any atom is -0.496 e. The molecular weight excluding hydrogens is 429 g/mol. The monoisotopic (exact) mass is 457 g/mol. The molecule has 172 valence electrons. The van der Waals surface area contributed by atoms with Crippen LogP contribution in [-0.2, 0) is 14.3 Å². The number of halogens is 2. The molecule has 0 spiro atoms. The van der Waals surface area contributed by atoms with Crippen LogP contribution in [0.2, 0.25) is 5.02 Å². The summed E-state index contributed by atoms with van der Waals surface area (Å²) in [6.45, 7) is 3.13. The second-order valence-corrected chi connectivity index (χ2v) is 7.92. The lowest BCUT2D eigenvalue weighted by Gasteiger charge is -2.34. The Morgan fingerprint density at radius 1 is 1.26 bits per heavy atom. The van der Waals surface area contributed by atoms with Crippen LogP contribution in [-0.4, -0.2) is 63.2 Å². The molecule has 4 amide bonds. The van der Waals surface area contributed by atoms with E-state index in [0.717, 1.165) is 5.56 Å². The second-order valence-electron chi connectivity index (χ2n) is 7.51. The van der Waals surface area contributed by atoms with Crippen LogP contribution >= 0.6 is 11.6 Å². The quantitative estimate of drug-likeness (QED) is 0.625. The summed E-state index contributed by atoms with van der Waals surface area (Å²) in [5, 5.41) is 4.78. The van der Waals surface area contributed by atoms with Gasteiger partial charge in [-0.3, -0.25) is 14.9 Å². The van der Waals surface area contributed by atoms with Crippen LogP contribution < -0.4 is 15.4 Å². The molecule has 1 fully saturated rings. The number of ether oxygens (including phenoxy) is 2. The highest BCUT2D eigenvalue weighted by Crippen LogP contribution is 2.37. The fourth-order valence-electron chi connectivity index (χ4n) is 3.52. The summed E-state index contributed by atoms with van der Waals surface area (Å²) in [6, 6.07) is 2.24. The molecule has 0 bridgehead atoms. The van der Waals surface area contributed by atoms with Gasteiger partial charge in [0.15, 0.2) is 0 Å². The number of piperidine rings is 1. The van der Waals surface area contributed by atoms with E-state index in [1.165, 1.54) is 20.3 Å². The van der Waals surface area contributed by atoms with Gasteiger partial charge in [0.1, 0.15) is 11.6 Å². The zero-order valence-electron chi connectivity index (χ0n) is 18.0. The molecule has 1 aromatic rings. The van der Waals surface area contributed by atoms with Gasteiger partial charge in [0.25, 0.3) is 0 Å². The Morgan fingerprint density at radius 3 is 2.55 bits per heavy atom. The highest BCUT2D eigenvalue weighted by molar-refractivity contribution is 6.30. The van der Waals surface area contributed by atoms with Crippen molar-refractivity contribution in [2.24, 2.45) is 5.92 Å². The van der Waals surface area contributed by atoms with Gasteiger partial charge in [-0.05, 0) is 30.4 Å². The van der Waals surface area contributed by atoms with E-state index in [2.05, 4.69) is 10.6 Å². The molecule has 8 nitrogen and oxygen atoms in total. The normalized spacial score (nSPS) is 15.3. The lowest BCUT2D eigenvalue weighted by Crippen LogP contribution is -2.46. The summed E-state index contributed by atoms with van der Waals surface area (Å²) in [7, 11) is 2.95. The predicted molar refractivity (Wildman–Crippen MR) is 114 cm³/mol. The van der Waals surface area contributed by atoms with Crippen LogP contribution in [0.25, 0.3) is 0 Å². The molecule has 1 atom stereocenters. The van der Waals surface area contributed by atoms with Crippen molar-refractivity contribution in [3.8, 4) is 5.75 Å². The first-order valence-electron chi connectivity index (χ1n) is 10.1. The molecule has 1 heterocycles. The fourth-order valence-corrected chi connectivity index (χ4v) is 3.70. The molecule has 0 unspecified atom stereocenters. The summed E-state index contributed by atoms with van der Waals surface area (Å²) < 4.78 is 23.8. The SMILES string of the molecule is COCCC(=O)NC(=O)NC[C@H](C)C(=O)N1CCC(c2cc(Cl)c(F)cc2OC)CC1. The van der Waals surface area contributed by atoms with Crippen LogP contribution in [0.1, 0.15) is 37.7 Å². The Bertz CT molecular complexity index is 799. The van der Waals surface area contributed by atoms with Crippen LogP contribution in [0.4, 0.5) is 9.18 Å². The second kappa shape index (κ2) is 11.9. The predicted octanol–water partition coefficient (Wildman–Crippen LogP) is 2.69. The van der Waals surface area contributed by atoms with Crippen LogP contribution in [0, 0.1) is 11.7 Å². The van der Waals surface area contributed by atoms with Crippen LogP contribution in [0.5, 0.6) is 5.75 Å². The number of nitrogens with one attached hydrogen (secondary N) is 2. The standard InChI is InChI=1S/C21H29ClFN3O5/c1-13(12-24-21(29)25-19(27)6-9-30-2)20(28)26-7-4-14(5-8-26)15-10-16(22)17(23)11-18(15)31-3/h10-11,13-14H,4-9,12H2,1-3H3,(H2,24,25,27,29)/t13-/m0/s1. The highest BCUT2D eigenvalue weighted by Gasteiger charge is 2.29. The summed E-state index contributed by atoms with van der Waals surface area (Å²) >= 11 is 5.94. The molecule has 10 heteroatoms. The lowest BCUT2D eigenvalue weighted by atomic mass is 9.88. The first kappa shape index (κ1) is 24.9. The first-order valence-corrected chi connectivity index (χ1v) is 10.5. The smallest absolute Gasteiger partial charge is 0.321 e. The number of imide groups is 1. The van der Waals surface area contributed by atoms with E-state index in [1.54, 1.807) is 17.9 Å². The molecule has 0 radical (unpaired) electrons. The van der Waals surface area contributed by atoms with E-state index in [0.29, 0.717) is 31.7 Å². The van der Waals surface area contributed by atoms with E-state index in [1.807, 2.05) is 0 Å². The zero-order chi connectivity index (χ0) is 23.0. The number of hydrogen-bond donors (Lipinski definition) is 2. The molecule has 1 aliphatic heterocycles. The average molecular weight is 458 g/mol. The number of carbonyl (C=O) groups excluding carboxylic acids is 3. The average Bonchev–Trinajstić information content (AvgIpc) is 2.77. The molecule has 1 saturated heterocycles. The van der Waals surface area contributed by atoms with Crippen molar-refractivity contribution in [3.63, 3.8) is 0 Å². The number of rotatable bonds is 8. The molecule has 0 aliphatic carbocycles. The number of nitrogens with zero attached hydrogens (tertiary/aromatic N) is 1. The first-order chi connectivity index (χ1) is 14.8. The van der Waals surface area contributed by atoms with Gasteiger partial charge in [0.05, 0.1) is 31.1 Å². The van der Waals surface area contributed by atoms with Gasteiger partial charge in [-0.2, -0.15) is 0 Å². The van der Waals surface area contributed by atoms with E-state index in [9.17, 15) is 18.8 Å². The topological polar surface area (TPSA) is 97.0 Å². The maximum atomic E-state index is 13.7. The van der Waals surface area contributed by atoms with E-state index in [-0.39, 0.29) is 36.4 Å². The van der Waals surface area contributed by atoms with E-state index < -0.39 is 23.7 Å². The Morgan fingerprint density at radius 2 is 1.94 bits per heavy atom. The van der Waals surface area contributed by atoms with Crippen LogP contribution in [0.15, 0.2) is 12.1 Å². The molecule has 0 saturated carbocycles. The molecule has 1 aliphatic rings. The van der Waals surface area contributed by atoms with Gasteiger partial charge < -0.3 is 19.7 Å². The summed E-state index contributed by atoms with van der Waals surface area (Å²) in [5.41, 5.74) is 0.838. The fraction of sp³-hybridized carbons (Fsp3) is 0.571. The van der Waals surface area contributed by atoms with Gasteiger partial charge in [0, 0.05) is 32.8 Å². The van der Waals surface area contributed by atoms with Gasteiger partial charge in [-0.1, -0.05) is 18.5 Å².